The van der Waals surface area contributed by atoms with E-state index in [2.05, 4.69) is 5.32 Å². The fourth-order valence-electron chi connectivity index (χ4n) is 2.98. The lowest BCUT2D eigenvalue weighted by Gasteiger charge is -2.27. The second kappa shape index (κ2) is 6.55. The van der Waals surface area contributed by atoms with Crippen LogP contribution in [0.15, 0.2) is 54.6 Å². The summed E-state index contributed by atoms with van der Waals surface area (Å²) < 4.78 is 5.24. The number of hydrogen-bond acceptors (Lipinski definition) is 5. The van der Waals surface area contributed by atoms with Gasteiger partial charge in [-0.25, -0.2) is 0 Å². The van der Waals surface area contributed by atoms with Crippen molar-refractivity contribution in [3.8, 4) is 11.1 Å². The van der Waals surface area contributed by atoms with E-state index >= 15 is 0 Å². The van der Waals surface area contributed by atoms with Crippen LogP contribution in [0.4, 0.5) is 0 Å². The molecule has 2 aromatic rings. The fourth-order valence-corrected chi connectivity index (χ4v) is 2.98. The zero-order valence-corrected chi connectivity index (χ0v) is 13.4. The molecule has 2 atom stereocenters. The molecule has 0 amide bonds. The second-order valence-corrected chi connectivity index (χ2v) is 5.93. The third-order valence-corrected chi connectivity index (χ3v) is 4.09. The third kappa shape index (κ3) is 3.22. The van der Waals surface area contributed by atoms with Crippen LogP contribution in [0.1, 0.15) is 23.7 Å². The van der Waals surface area contributed by atoms with Gasteiger partial charge < -0.3 is 9.84 Å². The molecular formula is C19H19NO4. The highest BCUT2D eigenvalue weighted by atomic mass is 16.6. The van der Waals surface area contributed by atoms with Crippen molar-refractivity contribution in [2.45, 2.75) is 25.2 Å². The molecule has 1 fully saturated rings. The van der Waals surface area contributed by atoms with Crippen LogP contribution in [-0.2, 0) is 9.53 Å². The van der Waals surface area contributed by atoms with Gasteiger partial charge in [0.05, 0.1) is 6.10 Å². The molecule has 1 heterocycles. The number of ketones is 1. The summed E-state index contributed by atoms with van der Waals surface area (Å²) in [5.41, 5.74) is 0.991. The van der Waals surface area contributed by atoms with Crippen molar-refractivity contribution < 1.29 is 19.4 Å². The van der Waals surface area contributed by atoms with Crippen LogP contribution >= 0.6 is 0 Å². The first kappa shape index (κ1) is 16.4. The van der Waals surface area contributed by atoms with E-state index in [1.165, 1.54) is 6.92 Å². The Labute approximate surface area is 140 Å². The van der Waals surface area contributed by atoms with Gasteiger partial charge in [0.25, 0.3) is 0 Å². The van der Waals surface area contributed by atoms with Gasteiger partial charge in [0, 0.05) is 25.5 Å². The van der Waals surface area contributed by atoms with E-state index in [9.17, 15) is 14.7 Å². The highest BCUT2D eigenvalue weighted by Crippen LogP contribution is 2.27. The molecule has 0 spiro atoms. The molecule has 0 saturated carbocycles. The summed E-state index contributed by atoms with van der Waals surface area (Å²) >= 11 is 0. The molecule has 5 heteroatoms. The van der Waals surface area contributed by atoms with Gasteiger partial charge in [0.15, 0.2) is 0 Å². The largest absolute Gasteiger partial charge is 0.436 e. The number of carbonyl (C=O) groups is 2. The molecule has 24 heavy (non-hydrogen) atoms. The molecule has 1 saturated heterocycles. The average molecular weight is 325 g/mol. The Hall–Kier alpha value is -2.50. The molecule has 5 nitrogen and oxygen atoms in total. The van der Waals surface area contributed by atoms with Gasteiger partial charge in [-0.15, -0.1) is 0 Å². The topological polar surface area (TPSA) is 75.6 Å². The Morgan fingerprint density at radius 2 is 1.71 bits per heavy atom. The Bertz CT molecular complexity index is 742. The van der Waals surface area contributed by atoms with Gasteiger partial charge in [-0.3, -0.25) is 14.9 Å². The lowest BCUT2D eigenvalue weighted by atomic mass is 9.96. The predicted octanol–water partition coefficient (Wildman–Crippen LogP) is 2.15. The van der Waals surface area contributed by atoms with Gasteiger partial charge in [0.1, 0.15) is 0 Å². The zero-order valence-electron chi connectivity index (χ0n) is 13.4. The van der Waals surface area contributed by atoms with E-state index in [1.807, 2.05) is 42.5 Å². The summed E-state index contributed by atoms with van der Waals surface area (Å²) in [5, 5.41) is 12.6. The molecular weight excluding hydrogens is 306 g/mol. The molecule has 1 aliphatic heterocycles. The number of esters is 1. The van der Waals surface area contributed by atoms with Crippen LogP contribution in [0.5, 0.6) is 0 Å². The van der Waals surface area contributed by atoms with Crippen LogP contribution in [0, 0.1) is 0 Å². The molecule has 0 aliphatic carbocycles. The fraction of sp³-hybridized carbons (Fsp3) is 0.263. The van der Waals surface area contributed by atoms with Gasteiger partial charge in [-0.2, -0.15) is 0 Å². The summed E-state index contributed by atoms with van der Waals surface area (Å²) in [7, 11) is 0. The SMILES string of the molecule is CC(=O)O[C@]1(C(=O)c2ccc(-c3ccccc3)cc2)C[C@@H](O)CN1. The first-order valence-electron chi connectivity index (χ1n) is 7.83. The molecule has 0 radical (unpaired) electrons. The van der Waals surface area contributed by atoms with Crippen molar-refractivity contribution in [2.75, 3.05) is 6.54 Å². The molecule has 124 valence electrons. The number of benzene rings is 2. The zero-order chi connectivity index (χ0) is 17.2. The summed E-state index contributed by atoms with van der Waals surface area (Å²) in [4.78, 5) is 24.2. The standard InChI is InChI=1S/C19H19NO4/c1-13(21)24-19(11-17(22)12-20-19)18(23)16-9-7-15(8-10-16)14-5-3-2-4-6-14/h2-10,17,20,22H,11-12H2,1H3/t17-,19+/m1/s1. The minimum absolute atomic E-state index is 0.0475. The van der Waals surface area contributed by atoms with E-state index in [1.54, 1.807) is 12.1 Å². The molecule has 0 unspecified atom stereocenters. The van der Waals surface area contributed by atoms with Crippen molar-refractivity contribution in [3.05, 3.63) is 60.2 Å². The summed E-state index contributed by atoms with van der Waals surface area (Å²) in [6, 6.07) is 17.0. The van der Waals surface area contributed by atoms with Crippen molar-refractivity contribution in [2.24, 2.45) is 0 Å². The number of aliphatic hydroxyl groups excluding tert-OH is 1. The molecule has 3 rings (SSSR count). The van der Waals surface area contributed by atoms with Gasteiger partial charge in [0.2, 0.25) is 11.5 Å². The van der Waals surface area contributed by atoms with Gasteiger partial charge in [-0.1, -0.05) is 54.6 Å². The van der Waals surface area contributed by atoms with Crippen molar-refractivity contribution in [3.63, 3.8) is 0 Å². The Kier molecular flexibility index (Phi) is 4.46. The van der Waals surface area contributed by atoms with Crippen LogP contribution in [0.3, 0.4) is 0 Å². The molecule has 2 N–H and O–H groups in total. The lowest BCUT2D eigenvalue weighted by molar-refractivity contribution is -0.154. The maximum Gasteiger partial charge on any atom is 0.304 e. The van der Waals surface area contributed by atoms with Gasteiger partial charge >= 0.3 is 5.97 Å². The summed E-state index contributed by atoms with van der Waals surface area (Å²) in [5.74, 6) is -0.917. The second-order valence-electron chi connectivity index (χ2n) is 5.93. The number of carbonyl (C=O) groups excluding carboxylic acids is 2. The maximum absolute atomic E-state index is 12.8. The Morgan fingerprint density at radius 1 is 1.08 bits per heavy atom. The maximum atomic E-state index is 12.8. The van der Waals surface area contributed by atoms with Crippen molar-refractivity contribution in [1.82, 2.24) is 5.32 Å². The number of ether oxygens (including phenoxy) is 1. The quantitative estimate of drug-likeness (QED) is 0.665. The van der Waals surface area contributed by atoms with E-state index in [0.717, 1.165) is 11.1 Å². The van der Waals surface area contributed by atoms with E-state index in [-0.39, 0.29) is 18.7 Å². The smallest absolute Gasteiger partial charge is 0.304 e. The summed E-state index contributed by atoms with van der Waals surface area (Å²) in [6.07, 6.45) is -0.678. The predicted molar refractivity (Wildman–Crippen MR) is 89.3 cm³/mol. The Balaban J connectivity index is 1.87. The number of aliphatic hydroxyl groups is 1. The van der Waals surface area contributed by atoms with Crippen LogP contribution < -0.4 is 5.32 Å². The number of nitrogens with one attached hydrogen (secondary N) is 1. The summed E-state index contributed by atoms with van der Waals surface area (Å²) in [6.45, 7) is 1.46. The number of rotatable bonds is 4. The first-order chi connectivity index (χ1) is 11.5. The van der Waals surface area contributed by atoms with E-state index in [0.29, 0.717) is 5.56 Å². The van der Waals surface area contributed by atoms with Gasteiger partial charge in [-0.05, 0) is 11.1 Å². The van der Waals surface area contributed by atoms with E-state index < -0.39 is 17.8 Å². The number of β-amino-alcohol motifs (C(OH)–C–C–N with tert-alkyl or cyclic N) is 1. The number of Topliss-reactive ketones (excluding diaryl/α,β-unsaturated/α-hetero) is 1. The number of hydrogen-bond donors (Lipinski definition) is 2. The third-order valence-electron chi connectivity index (χ3n) is 4.09. The normalized spacial score (nSPS) is 23.0. The molecule has 1 aliphatic rings. The minimum atomic E-state index is -1.49. The van der Waals surface area contributed by atoms with Crippen LogP contribution in [-0.4, -0.2) is 35.2 Å². The highest BCUT2D eigenvalue weighted by Gasteiger charge is 2.48. The van der Waals surface area contributed by atoms with Crippen LogP contribution in [0.25, 0.3) is 11.1 Å². The monoisotopic (exact) mass is 325 g/mol. The van der Waals surface area contributed by atoms with Crippen molar-refractivity contribution in [1.29, 1.82) is 0 Å². The first-order valence-corrected chi connectivity index (χ1v) is 7.83. The molecule has 0 aromatic heterocycles. The van der Waals surface area contributed by atoms with Crippen LogP contribution in [0.2, 0.25) is 0 Å². The molecule has 0 bridgehead atoms. The Morgan fingerprint density at radius 3 is 2.25 bits per heavy atom. The van der Waals surface area contributed by atoms with E-state index in [4.69, 9.17) is 4.74 Å². The average Bonchev–Trinajstić information content (AvgIpc) is 2.96. The molecule has 2 aromatic carbocycles. The van der Waals surface area contributed by atoms with Crippen molar-refractivity contribution >= 4 is 11.8 Å². The minimum Gasteiger partial charge on any atom is -0.436 e. The highest BCUT2D eigenvalue weighted by molar-refractivity contribution is 6.03. The lowest BCUT2D eigenvalue weighted by Crippen LogP contribution is -2.51.